The molecule has 0 unspecified atom stereocenters. The first-order valence-corrected chi connectivity index (χ1v) is 9.42. The zero-order chi connectivity index (χ0) is 20.1. The van der Waals surface area contributed by atoms with Crippen molar-refractivity contribution >= 4 is 5.91 Å². The third-order valence-electron chi connectivity index (χ3n) is 4.71. The minimum atomic E-state index is -1.09. The Balaban J connectivity index is 1.84. The lowest BCUT2D eigenvalue weighted by Crippen LogP contribution is -2.45. The first-order valence-electron chi connectivity index (χ1n) is 9.42. The largest absolute Gasteiger partial charge is 0.394 e. The van der Waals surface area contributed by atoms with E-state index < -0.39 is 30.7 Å². The Morgan fingerprint density at radius 1 is 1.07 bits per heavy atom. The molecule has 3 rings (SSSR count). The van der Waals surface area contributed by atoms with Crippen molar-refractivity contribution < 1.29 is 24.5 Å². The Bertz CT molecular complexity index is 765. The number of carbonyl (C=O) groups is 1. The molecular formula is C22H27NO5. The van der Waals surface area contributed by atoms with Crippen LogP contribution in [0.25, 0.3) is 0 Å². The zero-order valence-electron chi connectivity index (χ0n) is 16.2. The van der Waals surface area contributed by atoms with Gasteiger partial charge in [0.05, 0.1) is 13.2 Å². The lowest BCUT2D eigenvalue weighted by Gasteiger charge is -2.28. The van der Waals surface area contributed by atoms with Crippen molar-refractivity contribution in [2.75, 3.05) is 13.2 Å². The fraction of sp³-hybridized carbons (Fsp3) is 0.409. The summed E-state index contributed by atoms with van der Waals surface area (Å²) in [5, 5.41) is 19.5. The minimum absolute atomic E-state index is 0.130. The Labute approximate surface area is 165 Å². The van der Waals surface area contributed by atoms with Crippen molar-refractivity contribution in [3.05, 3.63) is 71.8 Å². The standard InChI is InChI=1S/C22H27NO5/c1-22(2)27-19(20(28-22)18(25)15-24)14-23(13-16-9-5-3-6-10-16)21(26)17-11-7-4-8-12-17/h3-12,18-20,24-25H,13-15H2,1-2H3/t18-,19+,20-/m0/s1. The molecule has 0 aromatic heterocycles. The maximum absolute atomic E-state index is 13.2. The highest BCUT2D eigenvalue weighted by Crippen LogP contribution is 2.31. The number of carbonyl (C=O) groups excluding carboxylic acids is 1. The molecule has 1 aliphatic rings. The lowest BCUT2D eigenvalue weighted by atomic mass is 10.1. The SMILES string of the molecule is CC1(C)O[C@@H]([C@@H](O)CO)[C@@H](CN(Cc2ccccc2)C(=O)c2ccccc2)O1. The van der Waals surface area contributed by atoms with E-state index in [1.807, 2.05) is 48.5 Å². The predicted octanol–water partition coefficient (Wildman–Crippen LogP) is 2.20. The molecule has 2 N–H and O–H groups in total. The topological polar surface area (TPSA) is 79.2 Å². The van der Waals surface area contributed by atoms with Gasteiger partial charge in [-0.25, -0.2) is 0 Å². The molecule has 150 valence electrons. The van der Waals surface area contributed by atoms with Crippen molar-refractivity contribution in [1.82, 2.24) is 4.90 Å². The molecule has 0 aliphatic carbocycles. The first kappa shape index (κ1) is 20.5. The van der Waals surface area contributed by atoms with Crippen LogP contribution in [0.4, 0.5) is 0 Å². The summed E-state index contributed by atoms with van der Waals surface area (Å²) in [6.45, 7) is 3.70. The molecule has 28 heavy (non-hydrogen) atoms. The van der Waals surface area contributed by atoms with Crippen LogP contribution in [0.5, 0.6) is 0 Å². The molecule has 0 saturated carbocycles. The van der Waals surface area contributed by atoms with E-state index in [1.54, 1.807) is 30.9 Å². The van der Waals surface area contributed by atoms with Crippen molar-refractivity contribution in [2.45, 2.75) is 44.5 Å². The Morgan fingerprint density at radius 3 is 2.29 bits per heavy atom. The van der Waals surface area contributed by atoms with E-state index in [9.17, 15) is 15.0 Å². The third kappa shape index (κ3) is 4.97. The van der Waals surface area contributed by atoms with E-state index in [0.717, 1.165) is 5.56 Å². The van der Waals surface area contributed by atoms with Gasteiger partial charge < -0.3 is 24.6 Å². The summed E-state index contributed by atoms with van der Waals surface area (Å²) in [4.78, 5) is 14.9. The van der Waals surface area contributed by atoms with Crippen LogP contribution in [0.15, 0.2) is 60.7 Å². The Hall–Kier alpha value is -2.25. The number of nitrogens with zero attached hydrogens (tertiary/aromatic N) is 1. The number of benzene rings is 2. The molecule has 1 saturated heterocycles. The van der Waals surface area contributed by atoms with Gasteiger partial charge in [-0.1, -0.05) is 48.5 Å². The van der Waals surface area contributed by atoms with Gasteiger partial charge in [-0.2, -0.15) is 0 Å². The Morgan fingerprint density at radius 2 is 1.68 bits per heavy atom. The third-order valence-corrected chi connectivity index (χ3v) is 4.71. The summed E-state index contributed by atoms with van der Waals surface area (Å²) in [6.07, 6.45) is -2.37. The minimum Gasteiger partial charge on any atom is -0.394 e. The van der Waals surface area contributed by atoms with Crippen LogP contribution in [0, 0.1) is 0 Å². The van der Waals surface area contributed by atoms with E-state index in [-0.39, 0.29) is 12.5 Å². The average molecular weight is 385 g/mol. The second kappa shape index (κ2) is 8.84. The molecule has 1 amide bonds. The summed E-state index contributed by atoms with van der Waals surface area (Å²) >= 11 is 0. The molecule has 1 fully saturated rings. The van der Waals surface area contributed by atoms with Gasteiger partial charge in [0.1, 0.15) is 18.3 Å². The summed E-state index contributed by atoms with van der Waals surface area (Å²) in [7, 11) is 0. The summed E-state index contributed by atoms with van der Waals surface area (Å²) < 4.78 is 11.7. The molecule has 0 spiro atoms. The summed E-state index contributed by atoms with van der Waals surface area (Å²) in [5.41, 5.74) is 1.57. The van der Waals surface area contributed by atoms with Gasteiger partial charge in [0.25, 0.3) is 5.91 Å². The molecule has 2 aromatic carbocycles. The van der Waals surface area contributed by atoms with E-state index in [2.05, 4.69) is 0 Å². The highest BCUT2D eigenvalue weighted by Gasteiger charge is 2.45. The second-order valence-electron chi connectivity index (χ2n) is 7.43. The van der Waals surface area contributed by atoms with Crippen LogP contribution in [-0.4, -0.2) is 58.3 Å². The molecule has 2 aromatic rings. The smallest absolute Gasteiger partial charge is 0.254 e. The lowest BCUT2D eigenvalue weighted by molar-refractivity contribution is -0.157. The van der Waals surface area contributed by atoms with Crippen molar-refractivity contribution in [2.24, 2.45) is 0 Å². The number of ether oxygens (including phenoxy) is 2. The molecule has 1 aliphatic heterocycles. The van der Waals surface area contributed by atoms with Gasteiger partial charge in [0.15, 0.2) is 5.79 Å². The van der Waals surface area contributed by atoms with Crippen LogP contribution < -0.4 is 0 Å². The number of hydrogen-bond acceptors (Lipinski definition) is 5. The van der Waals surface area contributed by atoms with Crippen LogP contribution in [0.2, 0.25) is 0 Å². The predicted molar refractivity (Wildman–Crippen MR) is 105 cm³/mol. The highest BCUT2D eigenvalue weighted by atomic mass is 16.8. The van der Waals surface area contributed by atoms with Gasteiger partial charge in [0, 0.05) is 12.1 Å². The van der Waals surface area contributed by atoms with E-state index in [1.165, 1.54) is 0 Å². The molecule has 3 atom stereocenters. The number of rotatable bonds is 7. The quantitative estimate of drug-likeness (QED) is 0.764. The van der Waals surface area contributed by atoms with Gasteiger partial charge in [-0.05, 0) is 31.5 Å². The molecular weight excluding hydrogens is 358 g/mol. The second-order valence-corrected chi connectivity index (χ2v) is 7.43. The molecule has 0 bridgehead atoms. The normalized spacial score (nSPS) is 22.0. The number of aliphatic hydroxyl groups is 2. The molecule has 6 heteroatoms. The van der Waals surface area contributed by atoms with Gasteiger partial charge in [0.2, 0.25) is 0 Å². The highest BCUT2D eigenvalue weighted by molar-refractivity contribution is 5.94. The van der Waals surface area contributed by atoms with Crippen LogP contribution in [0.3, 0.4) is 0 Å². The zero-order valence-corrected chi connectivity index (χ0v) is 16.2. The van der Waals surface area contributed by atoms with Crippen LogP contribution >= 0.6 is 0 Å². The maximum atomic E-state index is 13.2. The van der Waals surface area contributed by atoms with Crippen LogP contribution in [0.1, 0.15) is 29.8 Å². The van der Waals surface area contributed by atoms with E-state index >= 15 is 0 Å². The van der Waals surface area contributed by atoms with Crippen LogP contribution in [-0.2, 0) is 16.0 Å². The first-order chi connectivity index (χ1) is 13.4. The summed E-state index contributed by atoms with van der Waals surface area (Å²) in [5.74, 6) is -1.03. The number of hydrogen-bond donors (Lipinski definition) is 2. The number of aliphatic hydroxyl groups excluding tert-OH is 2. The van der Waals surface area contributed by atoms with Gasteiger partial charge >= 0.3 is 0 Å². The van der Waals surface area contributed by atoms with Crippen molar-refractivity contribution in [1.29, 1.82) is 0 Å². The van der Waals surface area contributed by atoms with Gasteiger partial charge in [-0.15, -0.1) is 0 Å². The Kier molecular flexibility index (Phi) is 6.46. The van der Waals surface area contributed by atoms with Gasteiger partial charge in [-0.3, -0.25) is 4.79 Å². The molecule has 6 nitrogen and oxygen atoms in total. The average Bonchev–Trinajstić information content (AvgIpc) is 3.02. The number of amides is 1. The summed E-state index contributed by atoms with van der Waals surface area (Å²) in [6, 6.07) is 18.8. The maximum Gasteiger partial charge on any atom is 0.254 e. The van der Waals surface area contributed by atoms with Crippen molar-refractivity contribution in [3.63, 3.8) is 0 Å². The molecule has 0 radical (unpaired) electrons. The fourth-order valence-corrected chi connectivity index (χ4v) is 3.44. The van der Waals surface area contributed by atoms with E-state index in [4.69, 9.17) is 9.47 Å². The molecule has 1 heterocycles. The fourth-order valence-electron chi connectivity index (χ4n) is 3.44. The monoisotopic (exact) mass is 385 g/mol. The van der Waals surface area contributed by atoms with E-state index in [0.29, 0.717) is 12.1 Å². The van der Waals surface area contributed by atoms with Crippen molar-refractivity contribution in [3.8, 4) is 0 Å².